The maximum absolute atomic E-state index is 12.1. The van der Waals surface area contributed by atoms with E-state index in [4.69, 9.17) is 4.98 Å². The molecule has 132 valence electrons. The SMILES string of the molecule is CCCCCCC(=O)Nc1ccc2nc3[nH]c4ccccc4c3nc2c1. The monoisotopic (exact) mass is 346 g/mol. The third-order valence-electron chi connectivity index (χ3n) is 4.64. The third-order valence-corrected chi connectivity index (χ3v) is 4.64. The molecule has 0 saturated heterocycles. The molecule has 0 spiro atoms. The lowest BCUT2D eigenvalue weighted by Crippen LogP contribution is -2.11. The van der Waals surface area contributed by atoms with Crippen LogP contribution in [0.1, 0.15) is 39.0 Å². The Balaban J connectivity index is 1.60. The van der Waals surface area contributed by atoms with Crippen LogP contribution in [-0.2, 0) is 4.79 Å². The van der Waals surface area contributed by atoms with E-state index in [0.717, 1.165) is 51.6 Å². The predicted molar refractivity (Wildman–Crippen MR) is 106 cm³/mol. The molecule has 2 heterocycles. The fraction of sp³-hybridized carbons (Fsp3) is 0.286. The van der Waals surface area contributed by atoms with Crippen LogP contribution in [0.3, 0.4) is 0 Å². The van der Waals surface area contributed by atoms with E-state index in [1.165, 1.54) is 12.8 Å². The fourth-order valence-electron chi connectivity index (χ4n) is 3.27. The Morgan fingerprint density at radius 3 is 2.81 bits per heavy atom. The number of para-hydroxylation sites is 1. The van der Waals surface area contributed by atoms with Crippen LogP contribution >= 0.6 is 0 Å². The molecule has 0 atom stereocenters. The molecule has 4 rings (SSSR count). The number of hydrogen-bond acceptors (Lipinski definition) is 3. The number of H-pyrrole nitrogens is 1. The highest BCUT2D eigenvalue weighted by molar-refractivity contribution is 6.05. The first kappa shape index (κ1) is 16.5. The van der Waals surface area contributed by atoms with Crippen molar-refractivity contribution in [2.24, 2.45) is 0 Å². The highest BCUT2D eigenvalue weighted by Gasteiger charge is 2.09. The summed E-state index contributed by atoms with van der Waals surface area (Å²) in [5.74, 6) is 0.0570. The first-order chi connectivity index (χ1) is 12.7. The van der Waals surface area contributed by atoms with Crippen molar-refractivity contribution in [1.82, 2.24) is 15.0 Å². The van der Waals surface area contributed by atoms with E-state index >= 15 is 0 Å². The Bertz CT molecular complexity index is 1080. The Morgan fingerprint density at radius 2 is 1.92 bits per heavy atom. The summed E-state index contributed by atoms with van der Waals surface area (Å²) in [6.07, 6.45) is 4.95. The van der Waals surface area contributed by atoms with Crippen molar-refractivity contribution >= 4 is 44.7 Å². The van der Waals surface area contributed by atoms with Gasteiger partial charge < -0.3 is 10.3 Å². The minimum atomic E-state index is 0.0570. The Labute approximate surface area is 151 Å². The summed E-state index contributed by atoms with van der Waals surface area (Å²) in [6, 6.07) is 13.7. The van der Waals surface area contributed by atoms with Gasteiger partial charge in [-0.2, -0.15) is 0 Å². The summed E-state index contributed by atoms with van der Waals surface area (Å²) in [7, 11) is 0. The van der Waals surface area contributed by atoms with Crippen molar-refractivity contribution < 1.29 is 4.79 Å². The van der Waals surface area contributed by atoms with Gasteiger partial charge in [0.15, 0.2) is 5.65 Å². The molecule has 5 nitrogen and oxygen atoms in total. The number of carbonyl (C=O) groups is 1. The molecule has 0 fully saturated rings. The van der Waals surface area contributed by atoms with Crippen molar-refractivity contribution in [3.8, 4) is 0 Å². The number of nitrogens with zero attached hydrogens (tertiary/aromatic N) is 2. The number of anilines is 1. The van der Waals surface area contributed by atoms with Crippen molar-refractivity contribution in [3.05, 3.63) is 42.5 Å². The van der Waals surface area contributed by atoms with Gasteiger partial charge in [-0.15, -0.1) is 0 Å². The van der Waals surface area contributed by atoms with Crippen LogP contribution in [-0.4, -0.2) is 20.9 Å². The highest BCUT2D eigenvalue weighted by Crippen LogP contribution is 2.25. The zero-order chi connectivity index (χ0) is 17.9. The quantitative estimate of drug-likeness (QED) is 0.473. The molecule has 0 aliphatic carbocycles. The van der Waals surface area contributed by atoms with Crippen molar-refractivity contribution in [1.29, 1.82) is 0 Å². The van der Waals surface area contributed by atoms with Gasteiger partial charge in [0.25, 0.3) is 0 Å². The average Bonchev–Trinajstić information content (AvgIpc) is 3.01. The van der Waals surface area contributed by atoms with Crippen LogP contribution in [0.4, 0.5) is 5.69 Å². The molecular formula is C21H22N4O. The highest BCUT2D eigenvalue weighted by atomic mass is 16.1. The second kappa shape index (κ2) is 7.12. The second-order valence-electron chi connectivity index (χ2n) is 6.65. The van der Waals surface area contributed by atoms with Gasteiger partial charge in [0.05, 0.1) is 11.0 Å². The zero-order valence-electron chi connectivity index (χ0n) is 14.9. The lowest BCUT2D eigenvalue weighted by Gasteiger charge is -2.06. The van der Waals surface area contributed by atoms with Gasteiger partial charge in [-0.25, -0.2) is 9.97 Å². The standard InChI is InChI=1S/C21H22N4O/c1-2-3-4-5-10-19(26)22-14-11-12-17-18(13-14)23-20-15-8-6-7-9-16(15)24-21(20)25-17/h6-9,11-13H,2-5,10H2,1H3,(H,22,26)(H,24,25). The Hall–Kier alpha value is -2.95. The van der Waals surface area contributed by atoms with E-state index in [1.807, 2.05) is 42.5 Å². The molecule has 2 N–H and O–H groups in total. The summed E-state index contributed by atoms with van der Waals surface area (Å²) in [4.78, 5) is 24.9. The lowest BCUT2D eigenvalue weighted by molar-refractivity contribution is -0.116. The minimum absolute atomic E-state index is 0.0570. The largest absolute Gasteiger partial charge is 0.338 e. The number of nitrogens with one attached hydrogen (secondary N) is 2. The van der Waals surface area contributed by atoms with Gasteiger partial charge >= 0.3 is 0 Å². The molecule has 4 aromatic rings. The van der Waals surface area contributed by atoms with Crippen molar-refractivity contribution in [2.45, 2.75) is 39.0 Å². The van der Waals surface area contributed by atoms with Crippen molar-refractivity contribution in [3.63, 3.8) is 0 Å². The molecule has 0 unspecified atom stereocenters. The lowest BCUT2D eigenvalue weighted by atomic mass is 10.1. The van der Waals surface area contributed by atoms with Gasteiger partial charge in [0, 0.05) is 23.0 Å². The van der Waals surface area contributed by atoms with Gasteiger partial charge in [0.2, 0.25) is 5.91 Å². The van der Waals surface area contributed by atoms with Crippen LogP contribution in [0, 0.1) is 0 Å². The molecule has 5 heteroatoms. The summed E-state index contributed by atoms with van der Waals surface area (Å²) in [5.41, 5.74) is 5.03. The van der Waals surface area contributed by atoms with Crippen LogP contribution in [0.15, 0.2) is 42.5 Å². The maximum atomic E-state index is 12.1. The molecular weight excluding hydrogens is 324 g/mol. The van der Waals surface area contributed by atoms with E-state index in [-0.39, 0.29) is 5.91 Å². The number of unbranched alkanes of at least 4 members (excludes halogenated alkanes) is 3. The molecule has 1 amide bonds. The molecule has 0 bridgehead atoms. The van der Waals surface area contributed by atoms with Gasteiger partial charge in [-0.05, 0) is 30.7 Å². The first-order valence-corrected chi connectivity index (χ1v) is 9.22. The predicted octanol–water partition coefficient (Wildman–Crippen LogP) is 5.17. The number of rotatable bonds is 6. The summed E-state index contributed by atoms with van der Waals surface area (Å²) >= 11 is 0. The van der Waals surface area contributed by atoms with Gasteiger partial charge in [-0.3, -0.25) is 4.79 Å². The average molecular weight is 346 g/mol. The number of carbonyl (C=O) groups excluding carboxylic acids is 1. The number of benzene rings is 2. The van der Waals surface area contributed by atoms with Crippen LogP contribution in [0.2, 0.25) is 0 Å². The third kappa shape index (κ3) is 3.25. The van der Waals surface area contributed by atoms with E-state index in [1.54, 1.807) is 0 Å². The Morgan fingerprint density at radius 1 is 1.04 bits per heavy atom. The number of fused-ring (bicyclic) bond motifs is 4. The maximum Gasteiger partial charge on any atom is 0.224 e. The van der Waals surface area contributed by atoms with Crippen molar-refractivity contribution in [2.75, 3.05) is 5.32 Å². The molecule has 0 aliphatic rings. The summed E-state index contributed by atoms with van der Waals surface area (Å²) in [5, 5.41) is 4.03. The van der Waals surface area contributed by atoms with Crippen LogP contribution < -0.4 is 5.32 Å². The molecule has 0 aliphatic heterocycles. The number of aromatic amines is 1. The second-order valence-corrected chi connectivity index (χ2v) is 6.65. The molecule has 26 heavy (non-hydrogen) atoms. The van der Waals surface area contributed by atoms with Crippen LogP contribution in [0.25, 0.3) is 33.1 Å². The van der Waals surface area contributed by atoms with E-state index in [0.29, 0.717) is 6.42 Å². The summed E-state index contributed by atoms with van der Waals surface area (Å²) in [6.45, 7) is 2.17. The first-order valence-electron chi connectivity index (χ1n) is 9.22. The topological polar surface area (TPSA) is 70.7 Å². The van der Waals surface area contributed by atoms with E-state index < -0.39 is 0 Å². The molecule has 0 radical (unpaired) electrons. The molecule has 2 aromatic carbocycles. The zero-order valence-corrected chi connectivity index (χ0v) is 14.9. The van der Waals surface area contributed by atoms with Gasteiger partial charge in [-0.1, -0.05) is 44.4 Å². The van der Waals surface area contributed by atoms with Crippen LogP contribution in [0.5, 0.6) is 0 Å². The minimum Gasteiger partial charge on any atom is -0.338 e. The fourth-order valence-corrected chi connectivity index (χ4v) is 3.27. The smallest absolute Gasteiger partial charge is 0.224 e. The Kier molecular flexibility index (Phi) is 4.52. The number of hydrogen-bond donors (Lipinski definition) is 2. The number of aromatic nitrogens is 3. The van der Waals surface area contributed by atoms with Gasteiger partial charge in [0.1, 0.15) is 5.52 Å². The molecule has 2 aromatic heterocycles. The summed E-state index contributed by atoms with van der Waals surface area (Å²) < 4.78 is 0. The molecule has 0 saturated carbocycles. The number of amides is 1. The van der Waals surface area contributed by atoms with E-state index in [2.05, 4.69) is 22.2 Å². The normalized spacial score (nSPS) is 11.4. The van der Waals surface area contributed by atoms with E-state index in [9.17, 15) is 4.79 Å².